The first-order valence-electron chi connectivity index (χ1n) is 5.66. The van der Waals surface area contributed by atoms with Crippen LogP contribution >= 0.6 is 0 Å². The van der Waals surface area contributed by atoms with Crippen molar-refractivity contribution in [3.63, 3.8) is 0 Å². The van der Waals surface area contributed by atoms with Gasteiger partial charge in [-0.2, -0.15) is 15.4 Å². The van der Waals surface area contributed by atoms with Crippen molar-refractivity contribution in [2.45, 2.75) is 19.4 Å². The van der Waals surface area contributed by atoms with Gasteiger partial charge in [-0.05, 0) is 32.0 Å². The Kier molecular flexibility index (Phi) is 2.97. The molecule has 0 fully saturated rings. The molecule has 0 spiro atoms. The third-order valence-corrected chi connectivity index (χ3v) is 3.23. The number of carboxylic acid groups (broad SMARTS) is 1. The molecule has 0 saturated heterocycles. The fourth-order valence-corrected chi connectivity index (χ4v) is 1.56. The molecule has 2 rings (SSSR count). The minimum absolute atomic E-state index is 0.373. The Morgan fingerprint density at radius 1 is 1.26 bits per heavy atom. The molecule has 19 heavy (non-hydrogen) atoms. The second-order valence-electron chi connectivity index (χ2n) is 4.76. The number of fused-ring (bicyclic) bond motifs is 1. The molecule has 1 aromatic carbocycles. The first-order chi connectivity index (χ1) is 8.84. The van der Waals surface area contributed by atoms with Gasteiger partial charge in [0.15, 0.2) is 0 Å². The van der Waals surface area contributed by atoms with Gasteiger partial charge in [-0.15, -0.1) is 0 Å². The van der Waals surface area contributed by atoms with E-state index in [9.17, 15) is 9.59 Å². The van der Waals surface area contributed by atoms with Gasteiger partial charge < -0.3 is 10.0 Å². The van der Waals surface area contributed by atoms with Gasteiger partial charge in [0, 0.05) is 12.6 Å². The van der Waals surface area contributed by atoms with Crippen molar-refractivity contribution < 1.29 is 14.7 Å². The maximum absolute atomic E-state index is 12.3. The number of hydrogen-bond acceptors (Lipinski definition) is 4. The first kappa shape index (κ1) is 13.0. The monoisotopic (exact) mass is 262 g/mol. The van der Waals surface area contributed by atoms with Crippen LogP contribution in [0.4, 0.5) is 0 Å². The molecule has 0 radical (unpaired) electrons. The molecule has 1 aromatic heterocycles. The third kappa shape index (κ3) is 2.14. The van der Waals surface area contributed by atoms with E-state index in [1.165, 1.54) is 25.8 Å². The van der Waals surface area contributed by atoms with Gasteiger partial charge in [0.1, 0.15) is 16.6 Å². The quantitative estimate of drug-likeness (QED) is 0.855. The summed E-state index contributed by atoms with van der Waals surface area (Å²) < 4.78 is 0. The average molecular weight is 262 g/mol. The lowest BCUT2D eigenvalue weighted by Crippen LogP contribution is -2.50. The summed E-state index contributed by atoms with van der Waals surface area (Å²) in [5, 5.41) is 19.4. The highest BCUT2D eigenvalue weighted by Gasteiger charge is 2.35. The number of carbonyl (C=O) groups excluding carboxylic acids is 1. The molecule has 7 nitrogen and oxygen atoms in total. The maximum Gasteiger partial charge on any atom is 0.329 e. The average Bonchev–Trinajstić information content (AvgIpc) is 2.83. The first-order valence-corrected chi connectivity index (χ1v) is 5.66. The van der Waals surface area contributed by atoms with Gasteiger partial charge in [-0.1, -0.05) is 0 Å². The molecule has 1 amide bonds. The highest BCUT2D eigenvalue weighted by atomic mass is 16.4. The van der Waals surface area contributed by atoms with Crippen molar-refractivity contribution in [3.8, 4) is 0 Å². The van der Waals surface area contributed by atoms with Crippen molar-refractivity contribution in [2.75, 3.05) is 7.05 Å². The number of hydrogen-bond donors (Lipinski definition) is 2. The van der Waals surface area contributed by atoms with Crippen LogP contribution in [0.15, 0.2) is 18.2 Å². The van der Waals surface area contributed by atoms with Gasteiger partial charge in [0.25, 0.3) is 5.91 Å². The van der Waals surface area contributed by atoms with Crippen molar-refractivity contribution in [3.05, 3.63) is 23.8 Å². The molecule has 100 valence electrons. The molecule has 2 aromatic rings. The summed E-state index contributed by atoms with van der Waals surface area (Å²) in [4.78, 5) is 24.6. The summed E-state index contributed by atoms with van der Waals surface area (Å²) in [6, 6.07) is 4.84. The smallest absolute Gasteiger partial charge is 0.329 e. The van der Waals surface area contributed by atoms with Gasteiger partial charge in [0.05, 0.1) is 0 Å². The largest absolute Gasteiger partial charge is 0.480 e. The van der Waals surface area contributed by atoms with Crippen LogP contribution in [0.25, 0.3) is 11.0 Å². The summed E-state index contributed by atoms with van der Waals surface area (Å²) in [6.45, 7) is 2.95. The Morgan fingerprint density at radius 2 is 1.89 bits per heavy atom. The van der Waals surface area contributed by atoms with E-state index in [1.54, 1.807) is 18.2 Å². The fraction of sp³-hybridized carbons (Fsp3) is 0.333. The van der Waals surface area contributed by atoms with E-state index in [-0.39, 0.29) is 5.91 Å². The van der Waals surface area contributed by atoms with E-state index < -0.39 is 11.5 Å². The molecule has 0 saturated carbocycles. The Bertz CT molecular complexity index is 647. The number of carbonyl (C=O) groups is 2. The molecule has 0 bridgehead atoms. The van der Waals surface area contributed by atoms with Crippen LogP contribution in [0.2, 0.25) is 0 Å². The van der Waals surface area contributed by atoms with Crippen molar-refractivity contribution in [1.82, 2.24) is 20.3 Å². The SMILES string of the molecule is CN(C(=O)c1ccc2n[nH]nc2c1)C(C)(C)C(=O)O. The molecule has 0 atom stereocenters. The zero-order valence-corrected chi connectivity index (χ0v) is 10.8. The van der Waals surface area contributed by atoms with Crippen LogP contribution in [-0.2, 0) is 4.79 Å². The lowest BCUT2D eigenvalue weighted by Gasteiger charge is -2.31. The van der Waals surface area contributed by atoms with E-state index in [2.05, 4.69) is 15.4 Å². The predicted molar refractivity (Wildman–Crippen MR) is 67.7 cm³/mol. The summed E-state index contributed by atoms with van der Waals surface area (Å²) in [5.41, 5.74) is 0.304. The molecule has 0 aliphatic rings. The number of rotatable bonds is 3. The number of nitrogens with zero attached hydrogens (tertiary/aromatic N) is 3. The molecule has 1 heterocycles. The Labute approximate surface area is 109 Å². The second kappa shape index (κ2) is 4.34. The number of H-pyrrole nitrogens is 1. The minimum atomic E-state index is -1.28. The normalized spacial score (nSPS) is 11.5. The minimum Gasteiger partial charge on any atom is -0.480 e. The van der Waals surface area contributed by atoms with Crippen molar-refractivity contribution in [2.24, 2.45) is 0 Å². The van der Waals surface area contributed by atoms with Crippen LogP contribution in [0.1, 0.15) is 24.2 Å². The number of amides is 1. The number of aliphatic carboxylic acids is 1. The maximum atomic E-state index is 12.3. The summed E-state index contributed by atoms with van der Waals surface area (Å²) in [5.74, 6) is -1.44. The number of nitrogens with one attached hydrogen (secondary N) is 1. The molecule has 2 N–H and O–H groups in total. The molecule has 7 heteroatoms. The zero-order chi connectivity index (χ0) is 14.2. The molecule has 0 unspecified atom stereocenters. The van der Waals surface area contributed by atoms with Gasteiger partial charge in [0.2, 0.25) is 0 Å². The Balaban J connectivity index is 2.35. The van der Waals surface area contributed by atoms with Crippen molar-refractivity contribution in [1.29, 1.82) is 0 Å². The van der Waals surface area contributed by atoms with Crippen molar-refractivity contribution >= 4 is 22.9 Å². The van der Waals surface area contributed by atoms with Crippen LogP contribution in [0, 0.1) is 0 Å². The van der Waals surface area contributed by atoms with E-state index in [0.29, 0.717) is 16.6 Å². The molecular weight excluding hydrogens is 248 g/mol. The zero-order valence-electron chi connectivity index (χ0n) is 10.8. The number of carboxylic acids is 1. The lowest BCUT2D eigenvalue weighted by molar-refractivity contribution is -0.147. The van der Waals surface area contributed by atoms with Crippen LogP contribution in [0.3, 0.4) is 0 Å². The highest BCUT2D eigenvalue weighted by Crippen LogP contribution is 2.18. The number of benzene rings is 1. The Morgan fingerprint density at radius 3 is 2.53 bits per heavy atom. The number of likely N-dealkylation sites (N-methyl/N-ethyl adjacent to an activating group) is 1. The van der Waals surface area contributed by atoms with E-state index in [0.717, 1.165) is 0 Å². The second-order valence-corrected chi connectivity index (χ2v) is 4.76. The molecular formula is C12H14N4O3. The summed E-state index contributed by atoms with van der Waals surface area (Å²) in [7, 11) is 1.46. The van der Waals surface area contributed by atoms with Gasteiger partial charge in [-0.3, -0.25) is 4.79 Å². The summed E-state index contributed by atoms with van der Waals surface area (Å²) >= 11 is 0. The van der Waals surface area contributed by atoms with Crippen LogP contribution in [0.5, 0.6) is 0 Å². The van der Waals surface area contributed by atoms with E-state index >= 15 is 0 Å². The van der Waals surface area contributed by atoms with Gasteiger partial charge in [-0.25, -0.2) is 4.79 Å². The van der Waals surface area contributed by atoms with E-state index in [1.807, 2.05) is 0 Å². The van der Waals surface area contributed by atoms with Crippen LogP contribution < -0.4 is 0 Å². The molecule has 0 aliphatic heterocycles. The number of aromatic amines is 1. The standard InChI is InChI=1S/C12H14N4O3/c1-12(2,11(18)19)16(3)10(17)7-4-5-8-9(6-7)14-15-13-8/h4-6H,1-3H3,(H,18,19)(H,13,14,15). The Hall–Kier alpha value is -2.44. The van der Waals surface area contributed by atoms with E-state index in [4.69, 9.17) is 5.11 Å². The molecule has 0 aliphatic carbocycles. The predicted octanol–water partition coefficient (Wildman–Crippen LogP) is 0.893. The fourth-order valence-electron chi connectivity index (χ4n) is 1.56. The number of aromatic nitrogens is 3. The van der Waals surface area contributed by atoms with Crippen LogP contribution in [-0.4, -0.2) is 49.9 Å². The topological polar surface area (TPSA) is 99.2 Å². The van der Waals surface area contributed by atoms with Gasteiger partial charge >= 0.3 is 5.97 Å². The summed E-state index contributed by atoms with van der Waals surface area (Å²) in [6.07, 6.45) is 0. The lowest BCUT2D eigenvalue weighted by atomic mass is 10.0. The highest BCUT2D eigenvalue weighted by molar-refractivity contribution is 5.99. The third-order valence-electron chi connectivity index (χ3n) is 3.23.